The lowest BCUT2D eigenvalue weighted by atomic mass is 10.0. The Balaban J connectivity index is 2.11. The van der Waals surface area contributed by atoms with Gasteiger partial charge in [0.15, 0.2) is 5.76 Å². The number of alkyl halides is 1. The molecule has 1 aliphatic carbocycles. The minimum absolute atomic E-state index is 0.0593. The highest BCUT2D eigenvalue weighted by Gasteiger charge is 2.22. The Kier molecular flexibility index (Phi) is 4.68. The Labute approximate surface area is 125 Å². The molecule has 0 aliphatic heterocycles. The summed E-state index contributed by atoms with van der Waals surface area (Å²) >= 11 is 11.6. The molecule has 106 valence electrons. The van der Waals surface area contributed by atoms with Gasteiger partial charge in [-0.25, -0.2) is 4.39 Å². The highest BCUT2D eigenvalue weighted by Crippen LogP contribution is 2.28. The van der Waals surface area contributed by atoms with Crippen LogP contribution in [0.25, 0.3) is 0 Å². The van der Waals surface area contributed by atoms with Crippen molar-refractivity contribution >= 4 is 29.5 Å². The van der Waals surface area contributed by atoms with Gasteiger partial charge in [-0.1, -0.05) is 17.7 Å². The predicted molar refractivity (Wildman–Crippen MR) is 74.3 cm³/mol. The Morgan fingerprint density at radius 2 is 2.25 bits per heavy atom. The number of hydrogen-bond acceptors (Lipinski definition) is 3. The van der Waals surface area contributed by atoms with Crippen LogP contribution >= 0.6 is 23.2 Å². The third-order valence-corrected chi connectivity index (χ3v) is 3.51. The van der Waals surface area contributed by atoms with Crippen LogP contribution in [0.2, 0.25) is 5.02 Å². The first kappa shape index (κ1) is 14.9. The second-order valence-corrected chi connectivity index (χ2v) is 5.23. The van der Waals surface area contributed by atoms with Crippen LogP contribution in [0.3, 0.4) is 0 Å². The Bertz CT molecular complexity index is 596. The zero-order chi connectivity index (χ0) is 14.7. The molecule has 0 amide bonds. The van der Waals surface area contributed by atoms with E-state index in [9.17, 15) is 14.3 Å². The molecule has 1 unspecified atom stereocenters. The molecule has 1 N–H and O–H groups in total. The van der Waals surface area contributed by atoms with Crippen molar-refractivity contribution in [2.75, 3.05) is 0 Å². The monoisotopic (exact) mass is 316 g/mol. The van der Waals surface area contributed by atoms with Gasteiger partial charge in [0, 0.05) is 22.6 Å². The number of hydrogen-bond donors (Lipinski definition) is 1. The summed E-state index contributed by atoms with van der Waals surface area (Å²) in [6.07, 6.45) is 2.01. The molecule has 0 bridgehead atoms. The number of ether oxygens (including phenoxy) is 1. The van der Waals surface area contributed by atoms with E-state index in [0.717, 1.165) is 0 Å². The fourth-order valence-corrected chi connectivity index (χ4v) is 2.17. The van der Waals surface area contributed by atoms with Crippen LogP contribution < -0.4 is 0 Å². The molecular formula is C14H11Cl2FO3. The number of halogens is 3. The zero-order valence-electron chi connectivity index (χ0n) is 10.3. The van der Waals surface area contributed by atoms with Crippen molar-refractivity contribution in [3.63, 3.8) is 0 Å². The van der Waals surface area contributed by atoms with Crippen LogP contribution in [0, 0.1) is 5.82 Å². The summed E-state index contributed by atoms with van der Waals surface area (Å²) < 4.78 is 18.9. The summed E-state index contributed by atoms with van der Waals surface area (Å²) in [7, 11) is 0. The number of carbonyl (C=O) groups is 1. The Hall–Kier alpha value is -1.52. The van der Waals surface area contributed by atoms with E-state index >= 15 is 0 Å². The van der Waals surface area contributed by atoms with Crippen molar-refractivity contribution in [1.82, 2.24) is 0 Å². The maximum Gasteiger partial charge on any atom is 0.153 e. The van der Waals surface area contributed by atoms with Crippen molar-refractivity contribution in [3.8, 4) is 0 Å². The third-order valence-electron chi connectivity index (χ3n) is 2.87. The number of carbonyl (C=O) groups excluding carboxylic acids is 1. The van der Waals surface area contributed by atoms with Crippen molar-refractivity contribution < 1.29 is 19.0 Å². The molecule has 2 rings (SSSR count). The number of aldehydes is 1. The lowest BCUT2D eigenvalue weighted by Crippen LogP contribution is -2.14. The number of benzene rings is 1. The third kappa shape index (κ3) is 3.32. The summed E-state index contributed by atoms with van der Waals surface area (Å²) in [5, 5.41) is 9.46. The van der Waals surface area contributed by atoms with Crippen LogP contribution in [0.4, 0.5) is 4.39 Å². The summed E-state index contributed by atoms with van der Waals surface area (Å²) in [6.45, 7) is -0.0593. The van der Waals surface area contributed by atoms with Crippen LogP contribution in [0.5, 0.6) is 0 Å². The normalized spacial score (nSPS) is 18.8. The fraction of sp³-hybridized carbons (Fsp3) is 0.214. The highest BCUT2D eigenvalue weighted by molar-refractivity contribution is 6.30. The van der Waals surface area contributed by atoms with Gasteiger partial charge in [-0.05, 0) is 18.2 Å². The van der Waals surface area contributed by atoms with Gasteiger partial charge in [0.1, 0.15) is 24.5 Å². The average Bonchev–Trinajstić information content (AvgIpc) is 2.41. The lowest BCUT2D eigenvalue weighted by molar-refractivity contribution is -0.105. The van der Waals surface area contributed by atoms with E-state index in [1.807, 2.05) is 0 Å². The van der Waals surface area contributed by atoms with E-state index in [-0.39, 0.29) is 30.1 Å². The molecule has 6 heteroatoms. The number of rotatable bonds is 4. The van der Waals surface area contributed by atoms with Gasteiger partial charge in [0.05, 0.1) is 5.38 Å². The molecule has 0 saturated heterocycles. The average molecular weight is 317 g/mol. The molecule has 0 aromatic heterocycles. The van der Waals surface area contributed by atoms with E-state index < -0.39 is 11.2 Å². The van der Waals surface area contributed by atoms with E-state index in [2.05, 4.69) is 0 Å². The lowest BCUT2D eigenvalue weighted by Gasteiger charge is -2.19. The molecule has 3 nitrogen and oxygen atoms in total. The van der Waals surface area contributed by atoms with Gasteiger partial charge < -0.3 is 9.84 Å². The summed E-state index contributed by atoms with van der Waals surface area (Å²) in [6, 6.07) is 4.24. The van der Waals surface area contributed by atoms with Gasteiger partial charge >= 0.3 is 0 Å². The molecule has 0 spiro atoms. The van der Waals surface area contributed by atoms with Gasteiger partial charge in [-0.15, -0.1) is 11.6 Å². The second-order valence-electron chi connectivity index (χ2n) is 4.27. The van der Waals surface area contributed by atoms with Crippen LogP contribution in [0.1, 0.15) is 12.0 Å². The van der Waals surface area contributed by atoms with Crippen molar-refractivity contribution in [1.29, 1.82) is 0 Å². The topological polar surface area (TPSA) is 46.5 Å². The number of aliphatic hydroxyl groups is 1. The quantitative estimate of drug-likeness (QED) is 0.677. The first-order chi connectivity index (χ1) is 9.51. The first-order valence-corrected chi connectivity index (χ1v) is 6.62. The van der Waals surface area contributed by atoms with E-state index in [1.54, 1.807) is 6.07 Å². The zero-order valence-corrected chi connectivity index (χ0v) is 11.8. The highest BCUT2D eigenvalue weighted by atomic mass is 35.5. The second kappa shape index (κ2) is 6.29. The Morgan fingerprint density at radius 3 is 2.90 bits per heavy atom. The van der Waals surface area contributed by atoms with Crippen LogP contribution in [0.15, 0.2) is 41.4 Å². The van der Waals surface area contributed by atoms with Gasteiger partial charge in [0.25, 0.3) is 0 Å². The molecule has 20 heavy (non-hydrogen) atoms. The molecule has 0 saturated carbocycles. The Morgan fingerprint density at radius 1 is 1.50 bits per heavy atom. The van der Waals surface area contributed by atoms with E-state index in [1.165, 1.54) is 18.2 Å². The largest absolute Gasteiger partial charge is 0.504 e. The summed E-state index contributed by atoms with van der Waals surface area (Å²) in [5.74, 6) is -0.428. The smallest absolute Gasteiger partial charge is 0.153 e. The summed E-state index contributed by atoms with van der Waals surface area (Å²) in [5.41, 5.74) is 0.597. The molecular weight excluding hydrogens is 306 g/mol. The van der Waals surface area contributed by atoms with Crippen molar-refractivity contribution in [2.45, 2.75) is 18.4 Å². The molecule has 1 atom stereocenters. The minimum atomic E-state index is -0.562. The maximum absolute atomic E-state index is 13.6. The van der Waals surface area contributed by atoms with Crippen molar-refractivity contribution in [2.24, 2.45) is 0 Å². The van der Waals surface area contributed by atoms with Crippen LogP contribution in [-0.2, 0) is 16.1 Å². The predicted octanol–water partition coefficient (Wildman–Crippen LogP) is 3.90. The van der Waals surface area contributed by atoms with Crippen molar-refractivity contribution in [3.05, 3.63) is 57.8 Å². The molecule has 0 radical (unpaired) electrons. The van der Waals surface area contributed by atoms with Crippen LogP contribution in [-0.4, -0.2) is 16.8 Å². The maximum atomic E-state index is 13.6. The number of aliphatic hydroxyl groups excluding tert-OH is 1. The minimum Gasteiger partial charge on any atom is -0.504 e. The molecule has 1 aromatic rings. The SMILES string of the molecule is O=CC1=CC(O)=C(OCc2ccc(Cl)cc2F)CC1Cl. The van der Waals surface area contributed by atoms with Gasteiger partial charge in [-0.3, -0.25) is 4.79 Å². The number of allylic oxidation sites excluding steroid dienone is 3. The molecule has 0 heterocycles. The first-order valence-electron chi connectivity index (χ1n) is 5.81. The molecule has 1 aliphatic rings. The van der Waals surface area contributed by atoms with E-state index in [0.29, 0.717) is 16.9 Å². The molecule has 0 fully saturated rings. The molecule has 1 aromatic carbocycles. The van der Waals surface area contributed by atoms with Gasteiger partial charge in [0.2, 0.25) is 0 Å². The standard InChI is InChI=1S/C14H11Cl2FO3/c15-10-2-1-8(12(17)4-10)7-20-14-5-11(16)9(6-18)3-13(14)19/h1-4,6,11,19H,5,7H2. The summed E-state index contributed by atoms with van der Waals surface area (Å²) in [4.78, 5) is 10.7. The fourth-order valence-electron chi connectivity index (χ4n) is 1.76. The van der Waals surface area contributed by atoms with E-state index in [4.69, 9.17) is 27.9 Å². The van der Waals surface area contributed by atoms with Gasteiger partial charge in [-0.2, -0.15) is 0 Å².